The Kier molecular flexibility index (Phi) is 4.65. The van der Waals surface area contributed by atoms with Crippen molar-refractivity contribution in [2.75, 3.05) is 11.8 Å². The molecule has 0 amide bonds. The van der Waals surface area contributed by atoms with Crippen molar-refractivity contribution in [2.45, 2.75) is 11.8 Å². The van der Waals surface area contributed by atoms with Gasteiger partial charge in [-0.2, -0.15) is 0 Å². The second-order valence-corrected chi connectivity index (χ2v) is 6.32. The molecule has 8 heteroatoms. The van der Waals surface area contributed by atoms with E-state index >= 15 is 0 Å². The maximum absolute atomic E-state index is 13.6. The molecule has 0 bridgehead atoms. The number of rotatable bonds is 4. The SMILES string of the molecule is COC(=O)c1c(C)cccc1S(=O)(=O)Nc1ccc(F)cc1F. The molecule has 2 aromatic rings. The Morgan fingerprint density at radius 1 is 1.17 bits per heavy atom. The van der Waals surface area contributed by atoms with Gasteiger partial charge in [0.25, 0.3) is 10.0 Å². The van der Waals surface area contributed by atoms with E-state index < -0.39 is 33.3 Å². The molecule has 2 rings (SSSR count). The average Bonchev–Trinajstić information content (AvgIpc) is 2.49. The summed E-state index contributed by atoms with van der Waals surface area (Å²) < 4.78 is 58.0. The number of carbonyl (C=O) groups is 1. The minimum atomic E-state index is -4.27. The van der Waals surface area contributed by atoms with Gasteiger partial charge < -0.3 is 4.74 Å². The smallest absolute Gasteiger partial charge is 0.339 e. The Morgan fingerprint density at radius 3 is 2.48 bits per heavy atom. The summed E-state index contributed by atoms with van der Waals surface area (Å²) in [6.45, 7) is 1.55. The first-order valence-electron chi connectivity index (χ1n) is 6.42. The van der Waals surface area contributed by atoms with Gasteiger partial charge in [0.15, 0.2) is 0 Å². The van der Waals surface area contributed by atoms with Crippen LogP contribution >= 0.6 is 0 Å². The van der Waals surface area contributed by atoms with Crippen molar-refractivity contribution >= 4 is 21.7 Å². The van der Waals surface area contributed by atoms with Gasteiger partial charge in [-0.3, -0.25) is 4.72 Å². The summed E-state index contributed by atoms with van der Waals surface area (Å²) in [6.07, 6.45) is 0. The van der Waals surface area contributed by atoms with E-state index in [2.05, 4.69) is 4.74 Å². The summed E-state index contributed by atoms with van der Waals surface area (Å²) in [6, 6.07) is 6.60. The van der Waals surface area contributed by atoms with Gasteiger partial charge in [-0.15, -0.1) is 0 Å². The molecule has 5 nitrogen and oxygen atoms in total. The van der Waals surface area contributed by atoms with E-state index in [1.54, 1.807) is 13.0 Å². The van der Waals surface area contributed by atoms with Crippen LogP contribution in [-0.2, 0) is 14.8 Å². The van der Waals surface area contributed by atoms with Crippen molar-refractivity contribution in [3.63, 3.8) is 0 Å². The minimum absolute atomic E-state index is 0.148. The molecule has 0 fully saturated rings. The van der Waals surface area contributed by atoms with Gasteiger partial charge in [0.05, 0.1) is 18.4 Å². The van der Waals surface area contributed by atoms with E-state index in [-0.39, 0.29) is 10.5 Å². The Labute approximate surface area is 132 Å². The lowest BCUT2D eigenvalue weighted by molar-refractivity contribution is 0.0595. The summed E-state index contributed by atoms with van der Waals surface area (Å²) in [4.78, 5) is 11.5. The molecule has 0 heterocycles. The molecular formula is C15H13F2NO4S. The highest BCUT2D eigenvalue weighted by Crippen LogP contribution is 2.24. The quantitative estimate of drug-likeness (QED) is 0.868. The molecule has 0 radical (unpaired) electrons. The van der Waals surface area contributed by atoms with E-state index in [1.807, 2.05) is 4.72 Å². The number of sulfonamides is 1. The number of hydrogen-bond acceptors (Lipinski definition) is 4. The van der Waals surface area contributed by atoms with Gasteiger partial charge in [-0.1, -0.05) is 12.1 Å². The third kappa shape index (κ3) is 3.48. The first-order chi connectivity index (χ1) is 10.8. The Hall–Kier alpha value is -2.48. The molecule has 0 aliphatic carbocycles. The topological polar surface area (TPSA) is 72.5 Å². The highest BCUT2D eigenvalue weighted by atomic mass is 32.2. The fraction of sp³-hybridized carbons (Fsp3) is 0.133. The second-order valence-electron chi connectivity index (χ2n) is 4.67. The Morgan fingerprint density at radius 2 is 1.87 bits per heavy atom. The molecule has 0 spiro atoms. The fourth-order valence-electron chi connectivity index (χ4n) is 2.00. The molecule has 1 N–H and O–H groups in total. The van der Waals surface area contributed by atoms with Crippen LogP contribution in [0.3, 0.4) is 0 Å². The van der Waals surface area contributed by atoms with Crippen molar-refractivity contribution in [3.8, 4) is 0 Å². The molecule has 0 unspecified atom stereocenters. The molecule has 0 atom stereocenters. The Bertz CT molecular complexity index is 866. The number of methoxy groups -OCH3 is 1. The van der Waals surface area contributed by atoms with Crippen LogP contribution in [0.4, 0.5) is 14.5 Å². The van der Waals surface area contributed by atoms with Crippen LogP contribution in [0.5, 0.6) is 0 Å². The number of nitrogens with one attached hydrogen (secondary N) is 1. The van der Waals surface area contributed by atoms with Crippen molar-refractivity contribution in [2.24, 2.45) is 0 Å². The van der Waals surface area contributed by atoms with E-state index in [0.29, 0.717) is 11.6 Å². The van der Waals surface area contributed by atoms with Crippen LogP contribution in [0.1, 0.15) is 15.9 Å². The molecule has 0 aliphatic heterocycles. The lowest BCUT2D eigenvalue weighted by atomic mass is 10.1. The van der Waals surface area contributed by atoms with Gasteiger partial charge in [-0.25, -0.2) is 22.0 Å². The van der Waals surface area contributed by atoms with Crippen molar-refractivity contribution < 1.29 is 26.7 Å². The van der Waals surface area contributed by atoms with E-state index in [4.69, 9.17) is 0 Å². The number of anilines is 1. The predicted molar refractivity (Wildman–Crippen MR) is 79.7 cm³/mol. The molecule has 0 aliphatic rings. The number of aryl methyl sites for hydroxylation is 1. The highest BCUT2D eigenvalue weighted by molar-refractivity contribution is 7.92. The lowest BCUT2D eigenvalue weighted by Gasteiger charge is -2.13. The largest absolute Gasteiger partial charge is 0.465 e. The number of esters is 1. The number of halogens is 2. The summed E-state index contributed by atoms with van der Waals surface area (Å²) in [5.41, 5.74) is -0.187. The van der Waals surface area contributed by atoms with Crippen LogP contribution < -0.4 is 4.72 Å². The molecule has 23 heavy (non-hydrogen) atoms. The number of benzene rings is 2. The predicted octanol–water partition coefficient (Wildman–Crippen LogP) is 2.86. The standard InChI is InChI=1S/C15H13F2NO4S/c1-9-4-3-5-13(14(9)15(19)22-2)23(20,21)18-12-7-6-10(16)8-11(12)17/h3-8,18H,1-2H3. The van der Waals surface area contributed by atoms with Gasteiger partial charge in [-0.05, 0) is 30.7 Å². The van der Waals surface area contributed by atoms with Crippen LogP contribution in [0.2, 0.25) is 0 Å². The third-order valence-corrected chi connectivity index (χ3v) is 4.50. The number of ether oxygens (including phenoxy) is 1. The zero-order valence-corrected chi connectivity index (χ0v) is 13.1. The zero-order valence-electron chi connectivity index (χ0n) is 12.3. The zero-order chi connectivity index (χ0) is 17.2. The Balaban J connectivity index is 2.52. The van der Waals surface area contributed by atoms with Crippen LogP contribution in [-0.4, -0.2) is 21.5 Å². The van der Waals surface area contributed by atoms with Gasteiger partial charge in [0.2, 0.25) is 0 Å². The molecule has 0 saturated carbocycles. The summed E-state index contributed by atoms with van der Waals surface area (Å²) in [5.74, 6) is -2.74. The van der Waals surface area contributed by atoms with E-state index in [9.17, 15) is 22.0 Å². The minimum Gasteiger partial charge on any atom is -0.465 e. The summed E-state index contributed by atoms with van der Waals surface area (Å²) in [5, 5.41) is 0. The van der Waals surface area contributed by atoms with Crippen LogP contribution in [0.25, 0.3) is 0 Å². The number of hydrogen-bond donors (Lipinski definition) is 1. The average molecular weight is 341 g/mol. The molecule has 122 valence electrons. The maximum Gasteiger partial charge on any atom is 0.339 e. The van der Waals surface area contributed by atoms with E-state index in [0.717, 1.165) is 19.2 Å². The maximum atomic E-state index is 13.6. The first kappa shape index (κ1) is 16.9. The van der Waals surface area contributed by atoms with Gasteiger partial charge in [0, 0.05) is 6.07 Å². The summed E-state index contributed by atoms with van der Waals surface area (Å²) >= 11 is 0. The van der Waals surface area contributed by atoms with Crippen LogP contribution in [0.15, 0.2) is 41.3 Å². The third-order valence-electron chi connectivity index (χ3n) is 3.09. The van der Waals surface area contributed by atoms with Gasteiger partial charge in [0.1, 0.15) is 16.5 Å². The second kappa shape index (κ2) is 6.33. The fourth-order valence-corrected chi connectivity index (χ4v) is 3.34. The van der Waals surface area contributed by atoms with Crippen LogP contribution in [0, 0.1) is 18.6 Å². The monoisotopic (exact) mass is 341 g/mol. The normalized spacial score (nSPS) is 11.1. The van der Waals surface area contributed by atoms with Crippen molar-refractivity contribution in [3.05, 3.63) is 59.2 Å². The van der Waals surface area contributed by atoms with Gasteiger partial charge >= 0.3 is 5.97 Å². The molecule has 2 aromatic carbocycles. The van der Waals surface area contributed by atoms with Crippen molar-refractivity contribution in [1.82, 2.24) is 0 Å². The summed E-state index contributed by atoms with van der Waals surface area (Å²) in [7, 11) is -3.15. The van der Waals surface area contributed by atoms with Crippen molar-refractivity contribution in [1.29, 1.82) is 0 Å². The van der Waals surface area contributed by atoms with E-state index in [1.165, 1.54) is 12.1 Å². The molecule has 0 saturated heterocycles. The highest BCUT2D eigenvalue weighted by Gasteiger charge is 2.25. The first-order valence-corrected chi connectivity index (χ1v) is 7.90. The molecule has 0 aromatic heterocycles. The molecular weight excluding hydrogens is 328 g/mol. The number of carbonyl (C=O) groups excluding carboxylic acids is 1. The lowest BCUT2D eigenvalue weighted by Crippen LogP contribution is -2.19.